The van der Waals surface area contributed by atoms with Gasteiger partial charge in [0, 0.05) is 52.7 Å². The van der Waals surface area contributed by atoms with Gasteiger partial charge >= 0.3 is 0 Å². The van der Waals surface area contributed by atoms with Crippen LogP contribution in [0.15, 0.2) is 29.3 Å². The molecule has 5 nitrogen and oxygen atoms in total. The van der Waals surface area contributed by atoms with E-state index in [9.17, 15) is 4.79 Å². The summed E-state index contributed by atoms with van der Waals surface area (Å²) in [7, 11) is 7.19. The second kappa shape index (κ2) is 10.7. The summed E-state index contributed by atoms with van der Waals surface area (Å²) in [4.78, 5) is 19.3. The second-order valence-corrected chi connectivity index (χ2v) is 5.43. The van der Waals surface area contributed by atoms with Gasteiger partial charge in [-0.1, -0.05) is 23.7 Å². The van der Waals surface area contributed by atoms with E-state index in [-0.39, 0.29) is 29.9 Å². The average molecular weight is 439 g/mol. The summed E-state index contributed by atoms with van der Waals surface area (Å²) in [6.07, 6.45) is 0.445. The molecule has 0 saturated carbocycles. The van der Waals surface area contributed by atoms with Crippen LogP contribution in [0.1, 0.15) is 12.0 Å². The first-order valence-corrected chi connectivity index (χ1v) is 7.18. The molecule has 124 valence electrons. The van der Waals surface area contributed by atoms with E-state index in [1.165, 1.54) is 0 Å². The van der Waals surface area contributed by atoms with Crippen molar-refractivity contribution < 1.29 is 4.79 Å². The number of hydrogen-bond acceptors (Lipinski definition) is 2. The lowest BCUT2D eigenvalue weighted by atomic mass is 10.2. The standard InChI is InChI=1S/C15H23ClN4O.HI/c1-17-15(18-10-9-14(21)19(2)3)20(4)11-12-5-7-13(16)8-6-12;/h5-8H,9-11H2,1-4H3,(H,17,18);1H. The highest BCUT2D eigenvalue weighted by Gasteiger charge is 2.08. The molecule has 0 unspecified atom stereocenters. The van der Waals surface area contributed by atoms with Crippen molar-refractivity contribution in [2.45, 2.75) is 13.0 Å². The van der Waals surface area contributed by atoms with Gasteiger partial charge in [-0.25, -0.2) is 0 Å². The number of rotatable bonds is 5. The molecule has 0 spiro atoms. The molecule has 0 fully saturated rings. The second-order valence-electron chi connectivity index (χ2n) is 4.99. The number of hydrogen-bond donors (Lipinski definition) is 1. The third kappa shape index (κ3) is 7.31. The van der Waals surface area contributed by atoms with E-state index in [2.05, 4.69) is 10.3 Å². The van der Waals surface area contributed by atoms with Crippen LogP contribution in [0.5, 0.6) is 0 Å². The van der Waals surface area contributed by atoms with Crippen LogP contribution < -0.4 is 5.32 Å². The molecule has 0 atom stereocenters. The number of carbonyl (C=O) groups is 1. The summed E-state index contributed by atoms with van der Waals surface area (Å²) in [6.45, 7) is 1.28. The van der Waals surface area contributed by atoms with Crippen molar-refractivity contribution in [2.24, 2.45) is 4.99 Å². The summed E-state index contributed by atoms with van der Waals surface area (Å²) < 4.78 is 0. The van der Waals surface area contributed by atoms with E-state index < -0.39 is 0 Å². The van der Waals surface area contributed by atoms with Crippen LogP contribution in [0.25, 0.3) is 0 Å². The zero-order valence-corrected chi connectivity index (χ0v) is 16.6. The highest BCUT2D eigenvalue weighted by Crippen LogP contribution is 2.10. The molecule has 1 rings (SSSR count). The Labute approximate surface area is 154 Å². The van der Waals surface area contributed by atoms with E-state index in [0.717, 1.165) is 23.1 Å². The van der Waals surface area contributed by atoms with E-state index in [1.54, 1.807) is 26.0 Å². The fraction of sp³-hybridized carbons (Fsp3) is 0.467. The normalized spacial score (nSPS) is 10.7. The molecule has 0 aromatic heterocycles. The lowest BCUT2D eigenvalue weighted by Gasteiger charge is -2.22. The third-order valence-electron chi connectivity index (χ3n) is 3.03. The number of benzene rings is 1. The molecule has 0 saturated heterocycles. The van der Waals surface area contributed by atoms with Gasteiger partial charge in [0.15, 0.2) is 5.96 Å². The Hall–Kier alpha value is -1.02. The summed E-state index contributed by atoms with van der Waals surface area (Å²) in [6, 6.07) is 7.72. The van der Waals surface area contributed by atoms with E-state index >= 15 is 0 Å². The molecule has 0 aliphatic rings. The monoisotopic (exact) mass is 438 g/mol. The van der Waals surface area contributed by atoms with Crippen LogP contribution in [0.2, 0.25) is 5.02 Å². The van der Waals surface area contributed by atoms with Crippen molar-refractivity contribution in [3.05, 3.63) is 34.9 Å². The number of carbonyl (C=O) groups excluding carboxylic acids is 1. The molecule has 1 aromatic carbocycles. The minimum Gasteiger partial charge on any atom is -0.356 e. The van der Waals surface area contributed by atoms with Gasteiger partial charge in [0.2, 0.25) is 5.91 Å². The minimum atomic E-state index is 0. The molecule has 0 aliphatic carbocycles. The molecular formula is C15H24ClIN4O. The molecule has 1 amide bonds. The van der Waals surface area contributed by atoms with Crippen LogP contribution in [0, 0.1) is 0 Å². The van der Waals surface area contributed by atoms with Crippen LogP contribution in [-0.2, 0) is 11.3 Å². The Morgan fingerprint density at radius 1 is 1.23 bits per heavy atom. The predicted molar refractivity (Wildman–Crippen MR) is 103 cm³/mol. The molecular weight excluding hydrogens is 415 g/mol. The van der Waals surface area contributed by atoms with E-state index in [0.29, 0.717) is 13.0 Å². The average Bonchev–Trinajstić information content (AvgIpc) is 2.45. The van der Waals surface area contributed by atoms with Crippen molar-refractivity contribution in [3.8, 4) is 0 Å². The lowest BCUT2D eigenvalue weighted by Crippen LogP contribution is -2.40. The number of guanidine groups is 1. The molecule has 0 heterocycles. The first-order valence-electron chi connectivity index (χ1n) is 6.80. The van der Waals surface area contributed by atoms with Crippen LogP contribution in [-0.4, -0.2) is 56.4 Å². The molecule has 0 aliphatic heterocycles. The Morgan fingerprint density at radius 3 is 2.32 bits per heavy atom. The molecule has 7 heteroatoms. The Morgan fingerprint density at radius 2 is 1.82 bits per heavy atom. The minimum absolute atomic E-state index is 0. The molecule has 0 bridgehead atoms. The van der Waals surface area contributed by atoms with Crippen LogP contribution in [0.4, 0.5) is 0 Å². The molecule has 0 radical (unpaired) electrons. The number of aliphatic imine (C=N–C) groups is 1. The van der Waals surface area contributed by atoms with Crippen molar-refractivity contribution in [1.29, 1.82) is 0 Å². The van der Waals surface area contributed by atoms with Gasteiger partial charge < -0.3 is 15.1 Å². The fourth-order valence-corrected chi connectivity index (χ4v) is 1.95. The van der Waals surface area contributed by atoms with Crippen molar-refractivity contribution in [2.75, 3.05) is 34.7 Å². The van der Waals surface area contributed by atoms with Crippen molar-refractivity contribution >= 4 is 47.4 Å². The number of amides is 1. The quantitative estimate of drug-likeness (QED) is 0.436. The fourth-order valence-electron chi connectivity index (χ4n) is 1.83. The summed E-state index contributed by atoms with van der Waals surface area (Å²) in [5.74, 6) is 0.856. The summed E-state index contributed by atoms with van der Waals surface area (Å²) in [5, 5.41) is 3.92. The van der Waals surface area contributed by atoms with Gasteiger partial charge in [-0.3, -0.25) is 9.79 Å². The largest absolute Gasteiger partial charge is 0.356 e. The Bertz CT molecular complexity index is 491. The Kier molecular flexibility index (Phi) is 10.2. The zero-order valence-electron chi connectivity index (χ0n) is 13.5. The maximum absolute atomic E-state index is 11.5. The number of nitrogens with one attached hydrogen (secondary N) is 1. The van der Waals surface area contributed by atoms with Crippen molar-refractivity contribution in [1.82, 2.24) is 15.1 Å². The van der Waals surface area contributed by atoms with Gasteiger partial charge in [-0.05, 0) is 17.7 Å². The number of halogens is 2. The topological polar surface area (TPSA) is 47.9 Å². The first-order chi connectivity index (χ1) is 9.93. The first kappa shape index (κ1) is 21.0. The maximum Gasteiger partial charge on any atom is 0.223 e. The van der Waals surface area contributed by atoms with E-state index in [1.807, 2.05) is 36.2 Å². The smallest absolute Gasteiger partial charge is 0.223 e. The van der Waals surface area contributed by atoms with Gasteiger partial charge in [0.05, 0.1) is 0 Å². The SMILES string of the molecule is CN=C(NCCC(=O)N(C)C)N(C)Cc1ccc(Cl)cc1.I. The lowest BCUT2D eigenvalue weighted by molar-refractivity contribution is -0.128. The van der Waals surface area contributed by atoms with Crippen LogP contribution >= 0.6 is 35.6 Å². The maximum atomic E-state index is 11.5. The van der Waals surface area contributed by atoms with Crippen molar-refractivity contribution in [3.63, 3.8) is 0 Å². The van der Waals surface area contributed by atoms with E-state index in [4.69, 9.17) is 11.6 Å². The zero-order chi connectivity index (χ0) is 15.8. The Balaban J connectivity index is 0.00000441. The summed E-state index contributed by atoms with van der Waals surface area (Å²) >= 11 is 5.88. The van der Waals surface area contributed by atoms with Crippen LogP contribution in [0.3, 0.4) is 0 Å². The summed E-state index contributed by atoms with van der Waals surface area (Å²) in [5.41, 5.74) is 1.15. The third-order valence-corrected chi connectivity index (χ3v) is 3.28. The molecule has 22 heavy (non-hydrogen) atoms. The van der Waals surface area contributed by atoms with Gasteiger partial charge in [-0.2, -0.15) is 0 Å². The molecule has 1 N–H and O–H groups in total. The number of nitrogens with zero attached hydrogens (tertiary/aromatic N) is 3. The van der Waals surface area contributed by atoms with Gasteiger partial charge in [0.25, 0.3) is 0 Å². The van der Waals surface area contributed by atoms with Gasteiger partial charge in [0.1, 0.15) is 0 Å². The van der Waals surface area contributed by atoms with Gasteiger partial charge in [-0.15, -0.1) is 24.0 Å². The predicted octanol–water partition coefficient (Wildman–Crippen LogP) is 2.44. The molecule has 1 aromatic rings. The highest BCUT2D eigenvalue weighted by molar-refractivity contribution is 14.0. The highest BCUT2D eigenvalue weighted by atomic mass is 127.